The molecule has 80 valence electrons. The van der Waals surface area contributed by atoms with Gasteiger partial charge in [0.1, 0.15) is 0 Å². The molecule has 0 aromatic carbocycles. The maximum Gasteiger partial charge on any atom is -0.0169 e. The summed E-state index contributed by atoms with van der Waals surface area (Å²) in [4.78, 5) is 0. The first kappa shape index (κ1) is 13.2. The molecule has 0 aliphatic carbocycles. The fraction of sp³-hybridized carbons (Fsp3) is 0.571. The lowest BCUT2D eigenvalue weighted by atomic mass is 10.2. The van der Waals surface area contributed by atoms with Crippen LogP contribution in [0.25, 0.3) is 0 Å². The van der Waals surface area contributed by atoms with E-state index in [-0.39, 0.29) is 0 Å². The predicted octanol–water partition coefficient (Wildman–Crippen LogP) is 5.04. The molecule has 0 amide bonds. The van der Waals surface area contributed by atoms with Gasteiger partial charge in [-0.1, -0.05) is 56.2 Å². The minimum absolute atomic E-state index is 1.07. The monoisotopic (exact) mass is 192 g/mol. The van der Waals surface area contributed by atoms with E-state index in [4.69, 9.17) is 0 Å². The van der Waals surface area contributed by atoms with E-state index in [1.807, 2.05) is 0 Å². The summed E-state index contributed by atoms with van der Waals surface area (Å²) >= 11 is 0. The van der Waals surface area contributed by atoms with Gasteiger partial charge in [-0.3, -0.25) is 0 Å². The van der Waals surface area contributed by atoms with Crippen LogP contribution in [0.3, 0.4) is 0 Å². The molecule has 0 unspecified atom stereocenters. The van der Waals surface area contributed by atoms with Gasteiger partial charge < -0.3 is 0 Å². The molecule has 0 saturated carbocycles. The van der Waals surface area contributed by atoms with E-state index in [9.17, 15) is 0 Å². The molecule has 0 rings (SSSR count). The third-order valence-corrected chi connectivity index (χ3v) is 2.09. The Labute approximate surface area is 89.4 Å². The van der Waals surface area contributed by atoms with Crippen molar-refractivity contribution in [3.05, 3.63) is 36.5 Å². The lowest BCUT2D eigenvalue weighted by Gasteiger charge is -1.90. The van der Waals surface area contributed by atoms with Crippen LogP contribution in [-0.4, -0.2) is 0 Å². The number of hydrogen-bond donors (Lipinski definition) is 0. The van der Waals surface area contributed by atoms with Gasteiger partial charge in [0.25, 0.3) is 0 Å². The Morgan fingerprint density at radius 3 is 2.07 bits per heavy atom. The summed E-state index contributed by atoms with van der Waals surface area (Å²) in [7, 11) is 0. The number of unbranched alkanes of at least 4 members (excludes halogenated alkanes) is 3. The minimum atomic E-state index is 1.07. The average molecular weight is 192 g/mol. The Morgan fingerprint density at radius 1 is 0.786 bits per heavy atom. The summed E-state index contributed by atoms with van der Waals surface area (Å²) in [6.45, 7) is 4.30. The maximum absolute atomic E-state index is 2.30. The quantitative estimate of drug-likeness (QED) is 0.373. The van der Waals surface area contributed by atoms with Gasteiger partial charge in [0.05, 0.1) is 0 Å². The molecule has 0 nitrogen and oxygen atoms in total. The predicted molar refractivity (Wildman–Crippen MR) is 66.5 cm³/mol. The molecule has 0 aromatic rings. The van der Waals surface area contributed by atoms with Crippen molar-refractivity contribution in [2.45, 2.75) is 52.4 Å². The second kappa shape index (κ2) is 12.2. The average Bonchev–Trinajstić information content (AvgIpc) is 2.21. The Morgan fingerprint density at radius 2 is 1.43 bits per heavy atom. The van der Waals surface area contributed by atoms with Gasteiger partial charge in [-0.05, 0) is 32.6 Å². The molecule has 0 heterocycles. The summed E-state index contributed by atoms with van der Waals surface area (Å²) in [6.07, 6.45) is 20.7. The van der Waals surface area contributed by atoms with E-state index in [2.05, 4.69) is 50.3 Å². The molecule has 0 aliphatic rings. The van der Waals surface area contributed by atoms with Crippen LogP contribution in [0.4, 0.5) is 0 Å². The molecule has 14 heavy (non-hydrogen) atoms. The van der Waals surface area contributed by atoms with Gasteiger partial charge in [0, 0.05) is 0 Å². The molecular formula is C14H24. The lowest BCUT2D eigenvalue weighted by Crippen LogP contribution is -1.70. The summed E-state index contributed by atoms with van der Waals surface area (Å²) in [6, 6.07) is 0. The number of allylic oxidation sites excluding steroid dienone is 6. The lowest BCUT2D eigenvalue weighted by molar-refractivity contribution is 0.728. The SMILES string of the molecule is C/C=C/C/C=C/C/C=C/CCCCC. The normalized spacial score (nSPS) is 12.4. The van der Waals surface area contributed by atoms with Crippen LogP contribution < -0.4 is 0 Å². The third kappa shape index (κ3) is 11.2. The molecule has 0 radical (unpaired) electrons. The van der Waals surface area contributed by atoms with Gasteiger partial charge in [0.2, 0.25) is 0 Å². The fourth-order valence-corrected chi connectivity index (χ4v) is 1.21. The van der Waals surface area contributed by atoms with Crippen LogP contribution in [0, 0.1) is 0 Å². The maximum atomic E-state index is 2.30. The zero-order valence-corrected chi connectivity index (χ0v) is 9.71. The standard InChI is InChI=1S/C14H24/c1-3-5-7-9-11-13-14-12-10-8-6-4-2/h3,5,9,11-12,14H,4,6-8,10,13H2,1-2H3/b5-3+,11-9+,14-12+. The molecule has 0 bridgehead atoms. The van der Waals surface area contributed by atoms with E-state index in [0.29, 0.717) is 0 Å². The van der Waals surface area contributed by atoms with E-state index in [1.165, 1.54) is 25.7 Å². The summed E-state index contributed by atoms with van der Waals surface area (Å²) < 4.78 is 0. The third-order valence-electron chi connectivity index (χ3n) is 2.09. The highest BCUT2D eigenvalue weighted by atomic mass is 13.9. The van der Waals surface area contributed by atoms with Crippen LogP contribution in [0.5, 0.6) is 0 Å². The first-order valence-corrected chi connectivity index (χ1v) is 5.83. The molecule has 0 atom stereocenters. The highest BCUT2D eigenvalue weighted by molar-refractivity contribution is 4.96. The molecule has 0 saturated heterocycles. The van der Waals surface area contributed by atoms with Crippen molar-refractivity contribution >= 4 is 0 Å². The smallest absolute Gasteiger partial charge is 0.0169 e. The topological polar surface area (TPSA) is 0 Å². The van der Waals surface area contributed by atoms with Crippen LogP contribution in [0.1, 0.15) is 52.4 Å². The van der Waals surface area contributed by atoms with Crippen LogP contribution in [0.2, 0.25) is 0 Å². The van der Waals surface area contributed by atoms with E-state index in [0.717, 1.165) is 12.8 Å². The van der Waals surface area contributed by atoms with Crippen LogP contribution in [0.15, 0.2) is 36.5 Å². The Balaban J connectivity index is 3.21. The number of rotatable bonds is 8. The molecule has 0 heteroatoms. The molecule has 0 N–H and O–H groups in total. The van der Waals surface area contributed by atoms with Crippen molar-refractivity contribution in [1.29, 1.82) is 0 Å². The molecule has 0 aliphatic heterocycles. The molecule has 0 aromatic heterocycles. The molecule has 0 spiro atoms. The van der Waals surface area contributed by atoms with Gasteiger partial charge in [-0.25, -0.2) is 0 Å². The largest absolute Gasteiger partial charge is 0.0914 e. The van der Waals surface area contributed by atoms with Crippen molar-refractivity contribution in [1.82, 2.24) is 0 Å². The van der Waals surface area contributed by atoms with E-state index < -0.39 is 0 Å². The van der Waals surface area contributed by atoms with Crippen molar-refractivity contribution < 1.29 is 0 Å². The highest BCUT2D eigenvalue weighted by Crippen LogP contribution is 2.00. The molecule has 0 fully saturated rings. The Bertz CT molecular complexity index is 172. The first-order chi connectivity index (χ1) is 6.91. The second-order valence-electron chi connectivity index (χ2n) is 3.48. The zero-order chi connectivity index (χ0) is 10.5. The van der Waals surface area contributed by atoms with E-state index >= 15 is 0 Å². The van der Waals surface area contributed by atoms with Crippen molar-refractivity contribution in [3.63, 3.8) is 0 Å². The summed E-state index contributed by atoms with van der Waals surface area (Å²) in [5.41, 5.74) is 0. The van der Waals surface area contributed by atoms with Crippen LogP contribution >= 0.6 is 0 Å². The van der Waals surface area contributed by atoms with Crippen LogP contribution in [-0.2, 0) is 0 Å². The van der Waals surface area contributed by atoms with Crippen molar-refractivity contribution in [3.8, 4) is 0 Å². The minimum Gasteiger partial charge on any atom is -0.0914 e. The fourth-order valence-electron chi connectivity index (χ4n) is 1.21. The zero-order valence-electron chi connectivity index (χ0n) is 9.71. The summed E-state index contributed by atoms with van der Waals surface area (Å²) in [5, 5.41) is 0. The number of hydrogen-bond acceptors (Lipinski definition) is 0. The van der Waals surface area contributed by atoms with Gasteiger partial charge in [-0.2, -0.15) is 0 Å². The van der Waals surface area contributed by atoms with Crippen molar-refractivity contribution in [2.24, 2.45) is 0 Å². The first-order valence-electron chi connectivity index (χ1n) is 5.83. The Hall–Kier alpha value is -0.780. The summed E-state index contributed by atoms with van der Waals surface area (Å²) in [5.74, 6) is 0. The highest BCUT2D eigenvalue weighted by Gasteiger charge is 1.80. The van der Waals surface area contributed by atoms with Gasteiger partial charge in [0.15, 0.2) is 0 Å². The van der Waals surface area contributed by atoms with Crippen molar-refractivity contribution in [2.75, 3.05) is 0 Å². The molecular weight excluding hydrogens is 168 g/mol. The van der Waals surface area contributed by atoms with Gasteiger partial charge in [-0.15, -0.1) is 0 Å². The van der Waals surface area contributed by atoms with E-state index in [1.54, 1.807) is 0 Å². The Kier molecular flexibility index (Phi) is 11.5. The van der Waals surface area contributed by atoms with Gasteiger partial charge >= 0.3 is 0 Å². The second-order valence-corrected chi connectivity index (χ2v) is 3.48.